The number of aromatic nitrogens is 4. The lowest BCUT2D eigenvalue weighted by Gasteiger charge is -2.12. The average molecular weight is 262 g/mol. The molecule has 1 heterocycles. The number of para-hydroxylation sites is 1. The van der Waals surface area contributed by atoms with Gasteiger partial charge in [0, 0.05) is 5.25 Å². The number of thioether (sulfide) groups is 1. The standard InChI is InChI=1S/C12H14N4OS/c17-10-7-4-8-11(10)18-12-13-14-15-16(12)9-5-2-1-3-6-9/h1-3,5-6,10-11,17H,4,7-8H2/t10-,11-/m1/s1. The van der Waals surface area contributed by atoms with Crippen LogP contribution in [0.25, 0.3) is 5.69 Å². The molecule has 0 aliphatic heterocycles. The van der Waals surface area contributed by atoms with Crippen LogP contribution in [0.2, 0.25) is 0 Å². The average Bonchev–Trinajstić information content (AvgIpc) is 3.01. The second-order valence-electron chi connectivity index (χ2n) is 4.36. The predicted octanol–water partition coefficient (Wildman–Crippen LogP) is 1.67. The van der Waals surface area contributed by atoms with Crippen LogP contribution in [-0.2, 0) is 0 Å². The molecule has 1 aliphatic rings. The van der Waals surface area contributed by atoms with Crippen LogP contribution in [0.5, 0.6) is 0 Å². The topological polar surface area (TPSA) is 63.8 Å². The van der Waals surface area contributed by atoms with Crippen LogP contribution >= 0.6 is 11.8 Å². The predicted molar refractivity (Wildman–Crippen MR) is 68.7 cm³/mol. The zero-order valence-corrected chi connectivity index (χ0v) is 10.6. The summed E-state index contributed by atoms with van der Waals surface area (Å²) in [5, 5.41) is 22.6. The highest BCUT2D eigenvalue weighted by Gasteiger charge is 2.28. The fourth-order valence-electron chi connectivity index (χ4n) is 2.16. The molecule has 94 valence electrons. The fourth-order valence-corrected chi connectivity index (χ4v) is 3.34. The number of rotatable bonds is 3. The van der Waals surface area contributed by atoms with Crippen molar-refractivity contribution < 1.29 is 5.11 Å². The van der Waals surface area contributed by atoms with Gasteiger partial charge in [0.25, 0.3) is 0 Å². The minimum atomic E-state index is -0.240. The van der Waals surface area contributed by atoms with Crippen LogP contribution in [-0.4, -0.2) is 36.7 Å². The van der Waals surface area contributed by atoms with Gasteiger partial charge >= 0.3 is 0 Å². The third kappa shape index (κ3) is 2.26. The number of hydrogen-bond acceptors (Lipinski definition) is 5. The summed E-state index contributed by atoms with van der Waals surface area (Å²) in [6, 6.07) is 9.80. The summed E-state index contributed by atoms with van der Waals surface area (Å²) < 4.78 is 1.72. The molecule has 0 spiro atoms. The Labute approximate surface area is 109 Å². The Hall–Kier alpha value is -1.40. The Bertz CT molecular complexity index is 516. The fraction of sp³-hybridized carbons (Fsp3) is 0.417. The number of nitrogens with zero attached hydrogens (tertiary/aromatic N) is 4. The Balaban J connectivity index is 1.84. The molecule has 0 radical (unpaired) electrons. The monoisotopic (exact) mass is 262 g/mol. The molecule has 1 aromatic carbocycles. The van der Waals surface area contributed by atoms with Crippen molar-refractivity contribution in [3.8, 4) is 5.69 Å². The zero-order chi connectivity index (χ0) is 12.4. The van der Waals surface area contributed by atoms with E-state index in [0.29, 0.717) is 0 Å². The van der Waals surface area contributed by atoms with E-state index >= 15 is 0 Å². The molecule has 2 atom stereocenters. The van der Waals surface area contributed by atoms with Crippen LogP contribution in [0, 0.1) is 0 Å². The summed E-state index contributed by atoms with van der Waals surface area (Å²) in [5.41, 5.74) is 0.942. The van der Waals surface area contributed by atoms with Crippen molar-refractivity contribution in [1.29, 1.82) is 0 Å². The van der Waals surface area contributed by atoms with Gasteiger partial charge in [-0.15, -0.1) is 5.10 Å². The van der Waals surface area contributed by atoms with Crippen LogP contribution in [0.4, 0.5) is 0 Å². The first-order valence-corrected chi connectivity index (χ1v) is 6.91. The summed E-state index contributed by atoms with van der Waals surface area (Å²) in [6.07, 6.45) is 2.74. The number of aliphatic hydroxyl groups excluding tert-OH is 1. The molecule has 1 N–H and O–H groups in total. The van der Waals surface area contributed by atoms with E-state index in [9.17, 15) is 5.11 Å². The van der Waals surface area contributed by atoms with Crippen LogP contribution < -0.4 is 0 Å². The Kier molecular flexibility index (Phi) is 3.29. The lowest BCUT2D eigenvalue weighted by molar-refractivity contribution is 0.188. The molecule has 0 saturated heterocycles. The van der Waals surface area contributed by atoms with Crippen LogP contribution in [0.3, 0.4) is 0 Å². The highest BCUT2D eigenvalue weighted by molar-refractivity contribution is 7.99. The molecular weight excluding hydrogens is 248 g/mol. The third-order valence-electron chi connectivity index (χ3n) is 3.12. The highest BCUT2D eigenvalue weighted by atomic mass is 32.2. The van der Waals surface area contributed by atoms with E-state index in [1.54, 1.807) is 16.4 Å². The maximum atomic E-state index is 9.85. The summed E-state index contributed by atoms with van der Waals surface area (Å²) >= 11 is 1.56. The second kappa shape index (κ2) is 5.07. The van der Waals surface area contributed by atoms with Gasteiger partial charge < -0.3 is 5.11 Å². The molecule has 1 aromatic heterocycles. The van der Waals surface area contributed by atoms with Crippen LogP contribution in [0.15, 0.2) is 35.5 Å². The summed E-state index contributed by atoms with van der Waals surface area (Å²) in [5.74, 6) is 0. The van der Waals surface area contributed by atoms with Gasteiger partial charge in [0.05, 0.1) is 11.8 Å². The maximum absolute atomic E-state index is 9.85. The largest absolute Gasteiger partial charge is 0.392 e. The van der Waals surface area contributed by atoms with Crippen LogP contribution in [0.1, 0.15) is 19.3 Å². The first-order valence-electron chi connectivity index (χ1n) is 6.03. The van der Waals surface area contributed by atoms with Crippen molar-refractivity contribution in [3.63, 3.8) is 0 Å². The van der Waals surface area contributed by atoms with Gasteiger partial charge in [0.1, 0.15) is 0 Å². The number of tetrazole rings is 1. The normalized spacial score (nSPS) is 23.4. The van der Waals surface area contributed by atoms with Gasteiger partial charge in [0.15, 0.2) is 0 Å². The highest BCUT2D eigenvalue weighted by Crippen LogP contribution is 2.34. The molecule has 0 bridgehead atoms. The van der Waals surface area contributed by atoms with Gasteiger partial charge in [-0.2, -0.15) is 4.68 Å². The third-order valence-corrected chi connectivity index (χ3v) is 4.43. The quantitative estimate of drug-likeness (QED) is 0.911. The molecule has 18 heavy (non-hydrogen) atoms. The van der Waals surface area contributed by atoms with E-state index in [1.165, 1.54) is 0 Å². The Morgan fingerprint density at radius 3 is 2.78 bits per heavy atom. The summed E-state index contributed by atoms with van der Waals surface area (Å²) in [4.78, 5) is 0. The zero-order valence-electron chi connectivity index (χ0n) is 9.81. The van der Waals surface area contributed by atoms with Gasteiger partial charge in [0.2, 0.25) is 5.16 Å². The second-order valence-corrected chi connectivity index (χ2v) is 5.57. The molecule has 1 aliphatic carbocycles. The molecule has 0 amide bonds. The van der Waals surface area contributed by atoms with Gasteiger partial charge in [-0.25, -0.2) is 0 Å². The molecule has 5 nitrogen and oxygen atoms in total. The van der Waals surface area contributed by atoms with E-state index < -0.39 is 0 Å². The van der Waals surface area contributed by atoms with E-state index in [2.05, 4.69) is 15.5 Å². The smallest absolute Gasteiger partial charge is 0.214 e. The van der Waals surface area contributed by atoms with Crippen molar-refractivity contribution in [2.75, 3.05) is 0 Å². The van der Waals surface area contributed by atoms with E-state index in [1.807, 2.05) is 30.3 Å². The van der Waals surface area contributed by atoms with E-state index in [4.69, 9.17) is 0 Å². The minimum Gasteiger partial charge on any atom is -0.392 e. The summed E-state index contributed by atoms with van der Waals surface area (Å²) in [6.45, 7) is 0. The van der Waals surface area contributed by atoms with Crippen molar-refractivity contribution in [3.05, 3.63) is 30.3 Å². The first kappa shape index (κ1) is 11.7. The molecule has 3 rings (SSSR count). The number of hydrogen-bond donors (Lipinski definition) is 1. The molecule has 6 heteroatoms. The number of aliphatic hydroxyl groups is 1. The van der Waals surface area contributed by atoms with Crippen molar-refractivity contribution in [2.45, 2.75) is 35.8 Å². The molecular formula is C12H14N4OS. The SMILES string of the molecule is O[C@@H]1CCC[C@H]1Sc1nnnn1-c1ccccc1. The lowest BCUT2D eigenvalue weighted by atomic mass is 10.3. The number of benzene rings is 1. The van der Waals surface area contributed by atoms with Gasteiger partial charge in [-0.3, -0.25) is 0 Å². The van der Waals surface area contributed by atoms with Gasteiger partial charge in [-0.05, 0) is 41.8 Å². The van der Waals surface area contributed by atoms with Crippen molar-refractivity contribution in [2.24, 2.45) is 0 Å². The van der Waals surface area contributed by atoms with Gasteiger partial charge in [-0.1, -0.05) is 30.0 Å². The Morgan fingerprint density at radius 1 is 1.22 bits per heavy atom. The van der Waals surface area contributed by atoms with E-state index in [-0.39, 0.29) is 11.4 Å². The lowest BCUT2D eigenvalue weighted by Crippen LogP contribution is -2.16. The maximum Gasteiger partial charge on any atom is 0.214 e. The summed E-state index contributed by atoms with van der Waals surface area (Å²) in [7, 11) is 0. The first-order chi connectivity index (χ1) is 8.84. The molecule has 2 aromatic rings. The van der Waals surface area contributed by atoms with E-state index in [0.717, 1.165) is 30.1 Å². The Morgan fingerprint density at radius 2 is 2.06 bits per heavy atom. The molecule has 1 saturated carbocycles. The minimum absolute atomic E-state index is 0.207. The van der Waals surface area contributed by atoms with Crippen molar-refractivity contribution >= 4 is 11.8 Å². The molecule has 1 fully saturated rings. The van der Waals surface area contributed by atoms with Crippen molar-refractivity contribution in [1.82, 2.24) is 20.2 Å². The molecule has 0 unspecified atom stereocenters.